The van der Waals surface area contributed by atoms with E-state index >= 15 is 0 Å². The van der Waals surface area contributed by atoms with Crippen molar-refractivity contribution in [2.45, 2.75) is 52.2 Å². The maximum absolute atomic E-state index is 10.3. The van der Waals surface area contributed by atoms with E-state index in [4.69, 9.17) is 0 Å². The van der Waals surface area contributed by atoms with E-state index in [2.05, 4.69) is 20.8 Å². The summed E-state index contributed by atoms with van der Waals surface area (Å²) in [5, 5.41) is 20.4. The van der Waals surface area contributed by atoms with Gasteiger partial charge in [0, 0.05) is 5.92 Å². The van der Waals surface area contributed by atoms with Gasteiger partial charge in [-0.2, -0.15) is 0 Å². The molecule has 0 spiro atoms. The molecule has 6 atom stereocenters. The van der Waals surface area contributed by atoms with Crippen LogP contribution >= 0.6 is 0 Å². The van der Waals surface area contributed by atoms with Gasteiger partial charge in [0.1, 0.15) is 0 Å². The predicted molar refractivity (Wildman–Crippen MR) is 60.3 cm³/mol. The van der Waals surface area contributed by atoms with E-state index in [1.165, 1.54) is 0 Å². The molecule has 2 fully saturated rings. The van der Waals surface area contributed by atoms with Crippen LogP contribution < -0.4 is 0 Å². The first-order valence-corrected chi connectivity index (χ1v) is 6.42. The van der Waals surface area contributed by atoms with Gasteiger partial charge in [0.25, 0.3) is 0 Å². The number of hydrogen-bond donors (Lipinski definition) is 2. The highest BCUT2D eigenvalue weighted by Crippen LogP contribution is 2.51. The molecule has 0 saturated heterocycles. The molecule has 0 amide bonds. The summed E-state index contributed by atoms with van der Waals surface area (Å²) in [4.78, 5) is 0. The molecule has 2 N–H and O–H groups in total. The number of aliphatic hydroxyl groups excluding tert-OH is 2. The highest BCUT2D eigenvalue weighted by molar-refractivity contribution is 5.02. The Morgan fingerprint density at radius 1 is 1.13 bits per heavy atom. The molecule has 2 aliphatic rings. The SMILES string of the molecule is CC[C@H]1CC2C[C@H](C(C)C)C(O)C2C1O. The Bertz CT molecular complexity index is 227. The highest BCUT2D eigenvalue weighted by atomic mass is 16.3. The Morgan fingerprint density at radius 3 is 2.27 bits per heavy atom. The van der Waals surface area contributed by atoms with Gasteiger partial charge >= 0.3 is 0 Å². The summed E-state index contributed by atoms with van der Waals surface area (Å²) in [6.45, 7) is 6.50. The molecule has 15 heavy (non-hydrogen) atoms. The van der Waals surface area contributed by atoms with Crippen molar-refractivity contribution in [2.75, 3.05) is 0 Å². The average molecular weight is 212 g/mol. The molecule has 0 aliphatic heterocycles. The standard InChI is InChI=1S/C13H24O2/c1-4-8-5-9-6-10(7(2)3)13(15)11(9)12(8)14/h7-15H,4-6H2,1-3H3/t8-,9?,10+,11?,12?,13?/m0/s1. The molecule has 88 valence electrons. The molecule has 0 aromatic carbocycles. The first-order chi connectivity index (χ1) is 7.06. The Hall–Kier alpha value is -0.0800. The van der Waals surface area contributed by atoms with E-state index in [9.17, 15) is 10.2 Å². The van der Waals surface area contributed by atoms with Crippen LogP contribution in [0.15, 0.2) is 0 Å². The van der Waals surface area contributed by atoms with Crippen LogP contribution in [0.5, 0.6) is 0 Å². The molecule has 0 aromatic rings. The van der Waals surface area contributed by atoms with Crippen LogP contribution in [-0.4, -0.2) is 22.4 Å². The van der Waals surface area contributed by atoms with Crippen LogP contribution in [0, 0.1) is 29.6 Å². The molecule has 2 heteroatoms. The lowest BCUT2D eigenvalue weighted by Crippen LogP contribution is -2.33. The summed E-state index contributed by atoms with van der Waals surface area (Å²) < 4.78 is 0. The molecule has 0 aromatic heterocycles. The molecule has 0 radical (unpaired) electrons. The van der Waals surface area contributed by atoms with Crippen molar-refractivity contribution in [3.8, 4) is 0 Å². The van der Waals surface area contributed by atoms with E-state index in [1.54, 1.807) is 0 Å². The number of rotatable bonds is 2. The largest absolute Gasteiger partial charge is 0.392 e. The quantitative estimate of drug-likeness (QED) is 0.735. The van der Waals surface area contributed by atoms with Gasteiger partial charge in [0.05, 0.1) is 12.2 Å². The third-order valence-corrected chi connectivity index (χ3v) is 4.82. The minimum absolute atomic E-state index is 0.169. The van der Waals surface area contributed by atoms with Crippen LogP contribution in [0.2, 0.25) is 0 Å². The monoisotopic (exact) mass is 212 g/mol. The van der Waals surface area contributed by atoms with Gasteiger partial charge < -0.3 is 10.2 Å². The summed E-state index contributed by atoms with van der Waals surface area (Å²) in [7, 11) is 0. The van der Waals surface area contributed by atoms with Gasteiger partial charge in [-0.1, -0.05) is 27.2 Å². The first kappa shape index (κ1) is 11.4. The molecule has 2 rings (SSSR count). The molecule has 2 aliphatic carbocycles. The topological polar surface area (TPSA) is 40.5 Å². The summed E-state index contributed by atoms with van der Waals surface area (Å²) in [5.41, 5.74) is 0. The minimum atomic E-state index is -0.262. The van der Waals surface area contributed by atoms with Crippen molar-refractivity contribution in [3.05, 3.63) is 0 Å². The van der Waals surface area contributed by atoms with Crippen molar-refractivity contribution in [1.82, 2.24) is 0 Å². The van der Waals surface area contributed by atoms with Crippen molar-refractivity contribution < 1.29 is 10.2 Å². The van der Waals surface area contributed by atoms with Crippen LogP contribution in [0.25, 0.3) is 0 Å². The summed E-state index contributed by atoms with van der Waals surface area (Å²) in [6.07, 6.45) is 2.78. The lowest BCUT2D eigenvalue weighted by molar-refractivity contribution is -0.00408. The zero-order valence-electron chi connectivity index (χ0n) is 10.1. The minimum Gasteiger partial charge on any atom is -0.392 e. The fraction of sp³-hybridized carbons (Fsp3) is 1.00. The van der Waals surface area contributed by atoms with Crippen LogP contribution in [0.4, 0.5) is 0 Å². The Labute approximate surface area is 92.7 Å². The average Bonchev–Trinajstić information content (AvgIpc) is 2.65. The fourth-order valence-electron chi connectivity index (χ4n) is 3.86. The van der Waals surface area contributed by atoms with E-state index in [0.29, 0.717) is 23.7 Å². The van der Waals surface area contributed by atoms with Crippen molar-refractivity contribution >= 4 is 0 Å². The van der Waals surface area contributed by atoms with Crippen molar-refractivity contribution in [2.24, 2.45) is 29.6 Å². The van der Waals surface area contributed by atoms with Gasteiger partial charge in [-0.3, -0.25) is 0 Å². The normalized spacial score (nSPS) is 50.0. The van der Waals surface area contributed by atoms with E-state index in [1.807, 2.05) is 0 Å². The molecular weight excluding hydrogens is 188 g/mol. The second-order valence-electron chi connectivity index (χ2n) is 5.87. The Morgan fingerprint density at radius 2 is 1.80 bits per heavy atom. The van der Waals surface area contributed by atoms with Crippen LogP contribution in [-0.2, 0) is 0 Å². The highest BCUT2D eigenvalue weighted by Gasteiger charge is 2.52. The lowest BCUT2D eigenvalue weighted by Gasteiger charge is -2.26. The number of hydrogen-bond acceptors (Lipinski definition) is 2. The summed E-state index contributed by atoms with van der Waals surface area (Å²) >= 11 is 0. The van der Waals surface area contributed by atoms with Crippen molar-refractivity contribution in [3.63, 3.8) is 0 Å². The molecule has 0 bridgehead atoms. The second kappa shape index (κ2) is 4.06. The number of aliphatic hydroxyl groups is 2. The molecule has 2 nitrogen and oxygen atoms in total. The Balaban J connectivity index is 2.09. The third kappa shape index (κ3) is 1.72. The molecule has 0 heterocycles. The van der Waals surface area contributed by atoms with Gasteiger partial charge in [-0.25, -0.2) is 0 Å². The molecular formula is C13H24O2. The van der Waals surface area contributed by atoms with Crippen LogP contribution in [0.1, 0.15) is 40.0 Å². The third-order valence-electron chi connectivity index (χ3n) is 4.82. The van der Waals surface area contributed by atoms with Gasteiger partial charge in [0.2, 0.25) is 0 Å². The zero-order chi connectivity index (χ0) is 11.2. The zero-order valence-corrected chi connectivity index (χ0v) is 10.1. The smallest absolute Gasteiger partial charge is 0.0626 e. The summed E-state index contributed by atoms with van der Waals surface area (Å²) in [5.74, 6) is 2.13. The van der Waals surface area contributed by atoms with Gasteiger partial charge in [-0.15, -0.1) is 0 Å². The Kier molecular flexibility index (Phi) is 3.09. The van der Waals surface area contributed by atoms with E-state index < -0.39 is 0 Å². The van der Waals surface area contributed by atoms with E-state index in [0.717, 1.165) is 19.3 Å². The van der Waals surface area contributed by atoms with E-state index in [-0.39, 0.29) is 18.1 Å². The first-order valence-electron chi connectivity index (χ1n) is 6.42. The maximum atomic E-state index is 10.3. The maximum Gasteiger partial charge on any atom is 0.0626 e. The number of fused-ring (bicyclic) bond motifs is 1. The molecule has 2 saturated carbocycles. The van der Waals surface area contributed by atoms with Gasteiger partial charge in [0.15, 0.2) is 0 Å². The molecule has 4 unspecified atom stereocenters. The van der Waals surface area contributed by atoms with Crippen LogP contribution in [0.3, 0.4) is 0 Å². The lowest BCUT2D eigenvalue weighted by atomic mass is 9.86. The predicted octanol–water partition coefficient (Wildman–Crippen LogP) is 2.05. The van der Waals surface area contributed by atoms with Gasteiger partial charge in [-0.05, 0) is 36.5 Å². The second-order valence-corrected chi connectivity index (χ2v) is 5.87. The summed E-state index contributed by atoms with van der Waals surface area (Å²) in [6, 6.07) is 0. The van der Waals surface area contributed by atoms with Crippen molar-refractivity contribution in [1.29, 1.82) is 0 Å². The fourth-order valence-corrected chi connectivity index (χ4v) is 3.86.